The molecule has 0 amide bonds. The summed E-state index contributed by atoms with van der Waals surface area (Å²) in [6.45, 7) is 0.555. The molecule has 0 aliphatic carbocycles. The number of thiophene rings is 1. The van der Waals surface area contributed by atoms with Crippen LogP contribution in [0.5, 0.6) is 0 Å². The van der Waals surface area contributed by atoms with Crippen molar-refractivity contribution in [1.82, 2.24) is 0 Å². The average molecular weight is 282 g/mol. The van der Waals surface area contributed by atoms with E-state index in [0.29, 0.717) is 12.2 Å². The van der Waals surface area contributed by atoms with Crippen molar-refractivity contribution in [3.63, 3.8) is 0 Å². The molecule has 96 valence electrons. The predicted molar refractivity (Wildman–Crippen MR) is 74.3 cm³/mol. The van der Waals surface area contributed by atoms with Gasteiger partial charge in [0.1, 0.15) is 0 Å². The zero-order valence-electron chi connectivity index (χ0n) is 9.67. The molecule has 0 unspecified atom stereocenters. The SMILES string of the molecule is NCCc1ccc(S(=O)(=O)Nc2ccsc2)cc1. The van der Waals surface area contributed by atoms with Gasteiger partial charge in [-0.15, -0.1) is 0 Å². The molecular formula is C12H14N2O2S2. The van der Waals surface area contributed by atoms with Gasteiger partial charge in [-0.25, -0.2) is 8.42 Å². The molecule has 18 heavy (non-hydrogen) atoms. The fraction of sp³-hybridized carbons (Fsp3) is 0.167. The molecule has 2 aromatic rings. The van der Waals surface area contributed by atoms with Crippen LogP contribution in [0, 0.1) is 0 Å². The Hall–Kier alpha value is -1.37. The minimum Gasteiger partial charge on any atom is -0.330 e. The lowest BCUT2D eigenvalue weighted by atomic mass is 10.2. The summed E-state index contributed by atoms with van der Waals surface area (Å²) in [5.41, 5.74) is 7.07. The van der Waals surface area contributed by atoms with E-state index < -0.39 is 10.0 Å². The maximum atomic E-state index is 12.0. The number of nitrogens with one attached hydrogen (secondary N) is 1. The highest BCUT2D eigenvalue weighted by Crippen LogP contribution is 2.18. The Morgan fingerprint density at radius 3 is 2.44 bits per heavy atom. The number of anilines is 1. The molecule has 2 rings (SSSR count). The summed E-state index contributed by atoms with van der Waals surface area (Å²) in [6, 6.07) is 8.49. The first kappa shape index (κ1) is 13.1. The van der Waals surface area contributed by atoms with E-state index in [0.717, 1.165) is 12.0 Å². The molecule has 0 spiro atoms. The normalized spacial score (nSPS) is 11.4. The maximum Gasteiger partial charge on any atom is 0.261 e. The van der Waals surface area contributed by atoms with Gasteiger partial charge in [0.25, 0.3) is 10.0 Å². The third-order valence-electron chi connectivity index (χ3n) is 2.44. The van der Waals surface area contributed by atoms with Crippen molar-refractivity contribution in [2.45, 2.75) is 11.3 Å². The van der Waals surface area contributed by atoms with Gasteiger partial charge in [-0.05, 0) is 42.1 Å². The average Bonchev–Trinajstić information content (AvgIpc) is 2.82. The highest BCUT2D eigenvalue weighted by atomic mass is 32.2. The summed E-state index contributed by atoms with van der Waals surface area (Å²) < 4.78 is 26.6. The van der Waals surface area contributed by atoms with Crippen LogP contribution in [0.3, 0.4) is 0 Å². The molecule has 0 atom stereocenters. The molecule has 0 saturated carbocycles. The third-order valence-corrected chi connectivity index (χ3v) is 4.52. The molecule has 0 bridgehead atoms. The molecule has 1 aromatic heterocycles. The molecule has 0 fully saturated rings. The summed E-state index contributed by atoms with van der Waals surface area (Å²) in [4.78, 5) is 0.259. The minimum absolute atomic E-state index is 0.259. The molecule has 0 radical (unpaired) electrons. The van der Waals surface area contributed by atoms with Gasteiger partial charge in [0.2, 0.25) is 0 Å². The summed E-state index contributed by atoms with van der Waals surface area (Å²) in [5, 5.41) is 3.57. The summed E-state index contributed by atoms with van der Waals surface area (Å²) in [7, 11) is -3.49. The van der Waals surface area contributed by atoms with Crippen LogP contribution in [-0.2, 0) is 16.4 Å². The monoisotopic (exact) mass is 282 g/mol. The molecule has 1 aromatic carbocycles. The Labute approximate surface area is 111 Å². The van der Waals surface area contributed by atoms with Crippen LogP contribution in [0.25, 0.3) is 0 Å². The lowest BCUT2D eigenvalue weighted by Crippen LogP contribution is -2.12. The summed E-state index contributed by atoms with van der Waals surface area (Å²) in [5.74, 6) is 0. The topological polar surface area (TPSA) is 72.2 Å². The second-order valence-electron chi connectivity index (χ2n) is 3.80. The van der Waals surface area contributed by atoms with E-state index in [1.165, 1.54) is 11.3 Å². The third kappa shape index (κ3) is 3.10. The van der Waals surface area contributed by atoms with Gasteiger partial charge in [0, 0.05) is 5.38 Å². The molecule has 0 aliphatic rings. The smallest absolute Gasteiger partial charge is 0.261 e. The van der Waals surface area contributed by atoms with Crippen LogP contribution < -0.4 is 10.5 Å². The highest BCUT2D eigenvalue weighted by molar-refractivity contribution is 7.92. The zero-order valence-corrected chi connectivity index (χ0v) is 11.3. The first-order valence-electron chi connectivity index (χ1n) is 5.46. The number of nitrogens with two attached hydrogens (primary N) is 1. The number of sulfonamides is 1. The van der Waals surface area contributed by atoms with Crippen LogP contribution in [0.4, 0.5) is 5.69 Å². The van der Waals surface area contributed by atoms with Crippen molar-refractivity contribution in [2.75, 3.05) is 11.3 Å². The number of hydrogen-bond acceptors (Lipinski definition) is 4. The predicted octanol–water partition coefficient (Wildman–Crippen LogP) is 2.05. The van der Waals surface area contributed by atoms with Gasteiger partial charge < -0.3 is 5.73 Å². The second-order valence-corrected chi connectivity index (χ2v) is 6.26. The van der Waals surface area contributed by atoms with Crippen molar-refractivity contribution in [3.05, 3.63) is 46.7 Å². The van der Waals surface area contributed by atoms with Gasteiger partial charge in [0.05, 0.1) is 10.6 Å². The van der Waals surface area contributed by atoms with E-state index >= 15 is 0 Å². The van der Waals surface area contributed by atoms with Crippen molar-refractivity contribution in [2.24, 2.45) is 5.73 Å². The fourth-order valence-electron chi connectivity index (χ4n) is 1.54. The van der Waals surface area contributed by atoms with Crippen LogP contribution in [0.1, 0.15) is 5.56 Å². The molecule has 1 heterocycles. The highest BCUT2D eigenvalue weighted by Gasteiger charge is 2.13. The van der Waals surface area contributed by atoms with Crippen molar-refractivity contribution in [1.29, 1.82) is 0 Å². The second kappa shape index (κ2) is 5.51. The fourth-order valence-corrected chi connectivity index (χ4v) is 3.25. The number of hydrogen-bond donors (Lipinski definition) is 2. The largest absolute Gasteiger partial charge is 0.330 e. The van der Waals surface area contributed by atoms with E-state index in [1.807, 2.05) is 5.38 Å². The van der Waals surface area contributed by atoms with E-state index in [1.54, 1.807) is 35.7 Å². The minimum atomic E-state index is -3.49. The molecule has 6 heteroatoms. The van der Waals surface area contributed by atoms with Crippen molar-refractivity contribution in [3.8, 4) is 0 Å². The Kier molecular flexibility index (Phi) is 4.00. The van der Waals surface area contributed by atoms with Gasteiger partial charge in [-0.2, -0.15) is 11.3 Å². The molecule has 0 saturated heterocycles. The van der Waals surface area contributed by atoms with Crippen LogP contribution in [-0.4, -0.2) is 15.0 Å². The van der Waals surface area contributed by atoms with E-state index in [-0.39, 0.29) is 4.90 Å². The van der Waals surface area contributed by atoms with Crippen LogP contribution in [0.15, 0.2) is 46.0 Å². The van der Waals surface area contributed by atoms with Gasteiger partial charge in [-0.3, -0.25) is 4.72 Å². The molecule has 4 nitrogen and oxygen atoms in total. The number of benzene rings is 1. The molecular weight excluding hydrogens is 268 g/mol. The lowest BCUT2D eigenvalue weighted by Gasteiger charge is -2.07. The first-order valence-corrected chi connectivity index (χ1v) is 7.88. The quantitative estimate of drug-likeness (QED) is 0.881. The van der Waals surface area contributed by atoms with E-state index in [9.17, 15) is 8.42 Å². The standard InChI is InChI=1S/C12H14N2O2S2/c13-7-5-10-1-3-12(4-2-10)18(15,16)14-11-6-8-17-9-11/h1-4,6,8-9,14H,5,7,13H2. The number of rotatable bonds is 5. The van der Waals surface area contributed by atoms with Crippen LogP contribution in [0.2, 0.25) is 0 Å². The Bertz CT molecular complexity index is 590. The van der Waals surface area contributed by atoms with E-state index in [4.69, 9.17) is 5.73 Å². The molecule has 3 N–H and O–H groups in total. The van der Waals surface area contributed by atoms with Gasteiger partial charge in [0.15, 0.2) is 0 Å². The molecule has 0 aliphatic heterocycles. The Morgan fingerprint density at radius 2 is 1.89 bits per heavy atom. The van der Waals surface area contributed by atoms with Crippen LogP contribution >= 0.6 is 11.3 Å². The zero-order chi connectivity index (χ0) is 13.0. The maximum absolute atomic E-state index is 12.0. The van der Waals surface area contributed by atoms with Crippen molar-refractivity contribution >= 4 is 27.0 Å². The lowest BCUT2D eigenvalue weighted by molar-refractivity contribution is 0.601. The Balaban J connectivity index is 2.19. The Morgan fingerprint density at radius 1 is 1.17 bits per heavy atom. The van der Waals surface area contributed by atoms with Gasteiger partial charge >= 0.3 is 0 Å². The summed E-state index contributed by atoms with van der Waals surface area (Å²) >= 11 is 1.44. The van der Waals surface area contributed by atoms with Crippen molar-refractivity contribution < 1.29 is 8.42 Å². The van der Waals surface area contributed by atoms with E-state index in [2.05, 4.69) is 4.72 Å². The van der Waals surface area contributed by atoms with Gasteiger partial charge in [-0.1, -0.05) is 12.1 Å². The first-order chi connectivity index (χ1) is 8.62. The summed E-state index contributed by atoms with van der Waals surface area (Å²) in [6.07, 6.45) is 0.748.